The summed E-state index contributed by atoms with van der Waals surface area (Å²) in [4.78, 5) is 11.4. The van der Waals surface area contributed by atoms with Crippen molar-refractivity contribution >= 4 is 5.97 Å². The van der Waals surface area contributed by atoms with Gasteiger partial charge in [0.05, 0.1) is 12.0 Å². The summed E-state index contributed by atoms with van der Waals surface area (Å²) in [5.41, 5.74) is 0. The Bertz CT molecular complexity index is 146. The van der Waals surface area contributed by atoms with E-state index in [1.54, 1.807) is 0 Å². The summed E-state index contributed by atoms with van der Waals surface area (Å²) in [5.74, 6) is 0.214. The van der Waals surface area contributed by atoms with Crippen molar-refractivity contribution in [3.63, 3.8) is 0 Å². The van der Waals surface area contributed by atoms with Crippen LogP contribution in [0.15, 0.2) is 0 Å². The van der Waals surface area contributed by atoms with Gasteiger partial charge >= 0.3 is 5.97 Å². The van der Waals surface area contributed by atoms with E-state index in [0.29, 0.717) is 0 Å². The molecule has 0 aromatic carbocycles. The molecule has 1 aliphatic rings. The lowest BCUT2D eigenvalue weighted by molar-refractivity contribution is -0.153. The summed E-state index contributed by atoms with van der Waals surface area (Å²) >= 11 is 0. The van der Waals surface area contributed by atoms with Crippen molar-refractivity contribution in [1.82, 2.24) is 0 Å². The molecule has 12 heavy (non-hydrogen) atoms. The first kappa shape index (κ1) is 9.56. The van der Waals surface area contributed by atoms with Gasteiger partial charge in [-0.05, 0) is 26.7 Å². The molecule has 0 unspecified atom stereocenters. The topological polar surface area (TPSA) is 26.3 Å². The molecule has 0 saturated heterocycles. The highest BCUT2D eigenvalue weighted by atomic mass is 16.5. The third-order valence-electron chi connectivity index (χ3n) is 2.29. The van der Waals surface area contributed by atoms with E-state index in [1.807, 2.05) is 13.8 Å². The maximum Gasteiger partial charge on any atom is 0.309 e. The number of ether oxygens (including phenoxy) is 1. The predicted molar refractivity (Wildman–Crippen MR) is 47.8 cm³/mol. The maximum absolute atomic E-state index is 11.4. The molecule has 2 heteroatoms. The molecule has 0 atom stereocenters. The lowest BCUT2D eigenvalue weighted by Crippen LogP contribution is -2.23. The lowest BCUT2D eigenvalue weighted by Gasteiger charge is -2.20. The van der Waals surface area contributed by atoms with Crippen LogP contribution in [0.1, 0.15) is 46.0 Å². The van der Waals surface area contributed by atoms with Crippen LogP contribution in [0.2, 0.25) is 0 Å². The molecule has 0 radical (unpaired) electrons. The quantitative estimate of drug-likeness (QED) is 0.594. The van der Waals surface area contributed by atoms with E-state index in [-0.39, 0.29) is 18.0 Å². The van der Waals surface area contributed by atoms with Crippen molar-refractivity contribution in [1.29, 1.82) is 0 Å². The molecule has 0 N–H and O–H groups in total. The largest absolute Gasteiger partial charge is 0.463 e. The molecule has 1 fully saturated rings. The van der Waals surface area contributed by atoms with E-state index in [2.05, 4.69) is 0 Å². The maximum atomic E-state index is 11.4. The normalized spacial score (nSPS) is 19.6. The van der Waals surface area contributed by atoms with Crippen molar-refractivity contribution in [3.8, 4) is 0 Å². The molecule has 70 valence electrons. The Kier molecular flexibility index (Phi) is 3.57. The van der Waals surface area contributed by atoms with Crippen LogP contribution in [0.25, 0.3) is 0 Å². The SMILES string of the molecule is CC(C)O[11C](=O)C1CCCCC1. The van der Waals surface area contributed by atoms with Crippen LogP contribution < -0.4 is 0 Å². The summed E-state index contributed by atoms with van der Waals surface area (Å²) < 4.78 is 5.15. The highest BCUT2D eigenvalue weighted by Gasteiger charge is 2.22. The van der Waals surface area contributed by atoms with E-state index in [9.17, 15) is 4.79 Å². The summed E-state index contributed by atoms with van der Waals surface area (Å²) in [6.45, 7) is 3.81. The smallest absolute Gasteiger partial charge is 0.309 e. The average Bonchev–Trinajstić information content (AvgIpc) is 2.05. The van der Waals surface area contributed by atoms with Crippen LogP contribution in [0.5, 0.6) is 0 Å². The Balaban J connectivity index is 2.30. The molecule has 1 saturated carbocycles. The first-order valence-corrected chi connectivity index (χ1v) is 4.90. The van der Waals surface area contributed by atoms with Crippen LogP contribution in [0, 0.1) is 5.92 Å². The van der Waals surface area contributed by atoms with Gasteiger partial charge in [0.15, 0.2) is 0 Å². The monoisotopic (exact) mass is 169 g/mol. The molecule has 1 aliphatic carbocycles. The van der Waals surface area contributed by atoms with Crippen LogP contribution >= 0.6 is 0 Å². The van der Waals surface area contributed by atoms with E-state index in [4.69, 9.17) is 4.74 Å². The summed E-state index contributed by atoms with van der Waals surface area (Å²) in [7, 11) is 0. The zero-order chi connectivity index (χ0) is 8.97. The van der Waals surface area contributed by atoms with Gasteiger partial charge in [0.1, 0.15) is 0 Å². The number of rotatable bonds is 2. The Labute approximate surface area is 74.3 Å². The molecule has 2 nitrogen and oxygen atoms in total. The van der Waals surface area contributed by atoms with Crippen LogP contribution in [0.3, 0.4) is 0 Å². The average molecular weight is 169 g/mol. The first-order chi connectivity index (χ1) is 5.70. The highest BCUT2D eigenvalue weighted by molar-refractivity contribution is 5.72. The van der Waals surface area contributed by atoms with Gasteiger partial charge in [0.25, 0.3) is 0 Å². The van der Waals surface area contributed by atoms with Gasteiger partial charge < -0.3 is 4.74 Å². The molecule has 0 aromatic rings. The fraction of sp³-hybridized carbons (Fsp3) is 0.900. The molecule has 0 aliphatic heterocycles. The number of hydrogen-bond donors (Lipinski definition) is 0. The highest BCUT2D eigenvalue weighted by Crippen LogP contribution is 2.24. The van der Waals surface area contributed by atoms with Gasteiger partial charge in [0.2, 0.25) is 0 Å². The van der Waals surface area contributed by atoms with Crippen molar-refractivity contribution in [3.05, 3.63) is 0 Å². The van der Waals surface area contributed by atoms with Crippen molar-refractivity contribution in [2.75, 3.05) is 0 Å². The minimum atomic E-state index is 0.0182. The molecule has 0 heterocycles. The molecule has 0 spiro atoms. The summed E-state index contributed by atoms with van der Waals surface area (Å²) in [6.07, 6.45) is 5.78. The fourth-order valence-electron chi connectivity index (χ4n) is 1.67. The molecular formula is C10H18O2. The zero-order valence-electron chi connectivity index (χ0n) is 8.01. The Morgan fingerprint density at radius 2 is 1.83 bits per heavy atom. The number of carbonyl (C=O) groups is 1. The molecule has 0 amide bonds. The molecule has 0 bridgehead atoms. The van der Waals surface area contributed by atoms with Crippen molar-refractivity contribution < 1.29 is 9.53 Å². The fourth-order valence-corrected chi connectivity index (χ4v) is 1.67. The summed E-state index contributed by atoms with van der Waals surface area (Å²) in [6, 6.07) is 0. The first-order valence-electron chi connectivity index (χ1n) is 4.90. The minimum absolute atomic E-state index is 0.0182. The second-order valence-corrected chi connectivity index (χ2v) is 3.82. The Hall–Kier alpha value is -0.530. The molecule has 0 aromatic heterocycles. The van der Waals surface area contributed by atoms with Gasteiger partial charge in [-0.25, -0.2) is 0 Å². The molecule has 1 rings (SSSR count). The van der Waals surface area contributed by atoms with Crippen molar-refractivity contribution in [2.24, 2.45) is 5.92 Å². The standard InChI is InChI=1S/C10H18O2/c1-8(2)12-10(11)9-6-4-3-5-7-9/h8-9H,3-7H2,1-2H3/i10-1. The van der Waals surface area contributed by atoms with E-state index >= 15 is 0 Å². The predicted octanol–water partition coefficient (Wildman–Crippen LogP) is 2.52. The van der Waals surface area contributed by atoms with Crippen LogP contribution in [0.4, 0.5) is 0 Å². The second-order valence-electron chi connectivity index (χ2n) is 3.82. The van der Waals surface area contributed by atoms with Gasteiger partial charge in [0, 0.05) is 0 Å². The third kappa shape index (κ3) is 2.84. The minimum Gasteiger partial charge on any atom is -0.463 e. The van der Waals surface area contributed by atoms with Crippen LogP contribution in [-0.4, -0.2) is 12.1 Å². The van der Waals surface area contributed by atoms with Gasteiger partial charge in [-0.1, -0.05) is 19.3 Å². The van der Waals surface area contributed by atoms with Crippen LogP contribution in [-0.2, 0) is 9.53 Å². The zero-order valence-corrected chi connectivity index (χ0v) is 8.01. The summed E-state index contributed by atoms with van der Waals surface area (Å²) in [5, 5.41) is 0. The van der Waals surface area contributed by atoms with E-state index in [0.717, 1.165) is 12.8 Å². The number of esters is 1. The number of hydrogen-bond acceptors (Lipinski definition) is 2. The third-order valence-corrected chi connectivity index (χ3v) is 2.29. The van der Waals surface area contributed by atoms with E-state index in [1.165, 1.54) is 19.3 Å². The second kappa shape index (κ2) is 4.48. The lowest BCUT2D eigenvalue weighted by atomic mass is 9.74. The van der Waals surface area contributed by atoms with Gasteiger partial charge in [-0.3, -0.25) is 4.79 Å². The van der Waals surface area contributed by atoms with E-state index < -0.39 is 0 Å². The van der Waals surface area contributed by atoms with Crippen molar-refractivity contribution in [2.45, 2.75) is 52.1 Å². The Morgan fingerprint density at radius 3 is 2.33 bits per heavy atom. The number of carbonyl (C=O) groups excluding carboxylic acids is 1. The molecular weight excluding hydrogens is 151 g/mol. The van der Waals surface area contributed by atoms with Gasteiger partial charge in [-0.15, -0.1) is 0 Å². The van der Waals surface area contributed by atoms with Gasteiger partial charge in [-0.2, -0.15) is 0 Å². The Morgan fingerprint density at radius 1 is 1.25 bits per heavy atom.